The summed E-state index contributed by atoms with van der Waals surface area (Å²) in [6.45, 7) is 2.38. The Balaban J connectivity index is 2.26. The van der Waals surface area contributed by atoms with Crippen LogP contribution in [0.4, 0.5) is 5.69 Å². The first-order chi connectivity index (χ1) is 12.0. The molecule has 0 amide bonds. The molecule has 0 saturated heterocycles. The zero-order valence-corrected chi connectivity index (χ0v) is 13.7. The van der Waals surface area contributed by atoms with Crippen LogP contribution in [0.1, 0.15) is 23.0 Å². The van der Waals surface area contributed by atoms with Crippen LogP contribution in [0, 0.1) is 11.3 Å². The molecule has 0 aliphatic carbocycles. The summed E-state index contributed by atoms with van der Waals surface area (Å²) in [6, 6.07) is 6.90. The van der Waals surface area contributed by atoms with E-state index in [-0.39, 0.29) is 22.5 Å². The number of nitrogen functional groups attached to an aromatic ring is 1. The van der Waals surface area contributed by atoms with Gasteiger partial charge in [-0.15, -0.1) is 0 Å². The van der Waals surface area contributed by atoms with Crippen LogP contribution in [0.25, 0.3) is 16.6 Å². The van der Waals surface area contributed by atoms with Crippen molar-refractivity contribution in [2.75, 3.05) is 12.8 Å². The molecule has 3 aromatic rings. The zero-order valence-electron chi connectivity index (χ0n) is 13.7. The van der Waals surface area contributed by atoms with E-state index in [1.54, 1.807) is 18.2 Å². The predicted octanol–water partition coefficient (Wildman–Crippen LogP) is 1.45. The maximum atomic E-state index is 12.3. The molecule has 0 aliphatic heterocycles. The molecule has 0 fully saturated rings. The largest absolute Gasteiger partial charge is 0.464 e. The number of ether oxygens (including phenoxy) is 1. The van der Waals surface area contributed by atoms with E-state index >= 15 is 0 Å². The maximum Gasteiger partial charge on any atom is 0.357 e. The molecular formula is C17H15N5O3. The summed E-state index contributed by atoms with van der Waals surface area (Å²) in [4.78, 5) is 28.7. The number of anilines is 1. The minimum atomic E-state index is -0.659. The van der Waals surface area contributed by atoms with Crippen LogP contribution >= 0.6 is 0 Å². The van der Waals surface area contributed by atoms with Crippen LogP contribution in [0.2, 0.25) is 0 Å². The number of benzene rings is 1. The highest BCUT2D eigenvalue weighted by atomic mass is 16.5. The Morgan fingerprint density at radius 3 is 2.84 bits per heavy atom. The van der Waals surface area contributed by atoms with Gasteiger partial charge in [0.1, 0.15) is 6.07 Å². The summed E-state index contributed by atoms with van der Waals surface area (Å²) in [6.07, 6.45) is 2.93. The smallest absolute Gasteiger partial charge is 0.357 e. The normalized spacial score (nSPS) is 10.6. The fraction of sp³-hybridized carbons (Fsp3) is 0.176. The average molecular weight is 337 g/mol. The molecule has 0 radical (unpaired) electrons. The maximum absolute atomic E-state index is 12.3. The number of nitrogens with zero attached hydrogens (tertiary/aromatic N) is 4. The number of hydrogen-bond acceptors (Lipinski definition) is 6. The van der Waals surface area contributed by atoms with Gasteiger partial charge in [-0.1, -0.05) is 0 Å². The highest BCUT2D eigenvalue weighted by molar-refractivity contribution is 5.96. The molecule has 1 aromatic carbocycles. The minimum absolute atomic E-state index is 0.0452. The second kappa shape index (κ2) is 6.13. The first kappa shape index (κ1) is 16.3. The van der Waals surface area contributed by atoms with Crippen LogP contribution < -0.4 is 11.3 Å². The first-order valence-electron chi connectivity index (χ1n) is 7.50. The number of esters is 1. The van der Waals surface area contributed by atoms with Gasteiger partial charge in [0.15, 0.2) is 5.69 Å². The number of hydrogen-bond donors (Lipinski definition) is 1. The molecule has 8 nitrogen and oxygen atoms in total. The van der Waals surface area contributed by atoms with Crippen molar-refractivity contribution in [3.05, 3.63) is 52.3 Å². The van der Waals surface area contributed by atoms with Gasteiger partial charge in [-0.2, -0.15) is 5.26 Å². The van der Waals surface area contributed by atoms with Gasteiger partial charge in [-0.25, -0.2) is 9.78 Å². The number of nitriles is 1. The third kappa shape index (κ3) is 2.52. The number of fused-ring (bicyclic) bond motifs is 1. The predicted molar refractivity (Wildman–Crippen MR) is 91.5 cm³/mol. The molecule has 0 atom stereocenters. The lowest BCUT2D eigenvalue weighted by Gasteiger charge is -2.10. The summed E-state index contributed by atoms with van der Waals surface area (Å²) in [7, 11) is 1.24. The average Bonchev–Trinajstić information content (AvgIpc) is 2.97. The molecule has 0 bridgehead atoms. The molecule has 2 heterocycles. The van der Waals surface area contributed by atoms with E-state index in [2.05, 4.69) is 4.98 Å². The van der Waals surface area contributed by atoms with Gasteiger partial charge in [0.05, 0.1) is 35.6 Å². The van der Waals surface area contributed by atoms with E-state index in [0.29, 0.717) is 23.1 Å². The fourth-order valence-electron chi connectivity index (χ4n) is 2.64. The number of carbonyl (C=O) groups excluding carboxylic acids is 1. The van der Waals surface area contributed by atoms with Gasteiger partial charge < -0.3 is 15.0 Å². The topological polar surface area (TPSA) is 116 Å². The number of methoxy groups -OCH3 is 1. The monoisotopic (exact) mass is 337 g/mol. The van der Waals surface area contributed by atoms with Crippen molar-refractivity contribution in [1.82, 2.24) is 14.1 Å². The second-order valence-corrected chi connectivity index (χ2v) is 5.32. The van der Waals surface area contributed by atoms with Crippen molar-refractivity contribution in [2.24, 2.45) is 0 Å². The van der Waals surface area contributed by atoms with Crippen LogP contribution in [0.5, 0.6) is 0 Å². The standard InChI is InChI=1S/C17H15N5O3/c1-3-21-9-20-13-6-11(4-5-12(13)16(21)23)22-8-10(7-18)14(19)15(22)17(24)25-2/h4-6,8-9H,3,19H2,1-2H3. The Hall–Kier alpha value is -3.60. The lowest BCUT2D eigenvalue weighted by atomic mass is 10.2. The van der Waals surface area contributed by atoms with Gasteiger partial charge in [0.25, 0.3) is 5.56 Å². The van der Waals surface area contributed by atoms with Gasteiger partial charge in [0.2, 0.25) is 0 Å². The zero-order chi connectivity index (χ0) is 18.1. The Kier molecular flexibility index (Phi) is 3.99. The Bertz CT molecular complexity index is 1090. The van der Waals surface area contributed by atoms with E-state index in [4.69, 9.17) is 10.5 Å². The molecule has 0 saturated carbocycles. The summed E-state index contributed by atoms with van der Waals surface area (Å²) in [5.74, 6) is -0.659. The Labute approximate surface area is 142 Å². The van der Waals surface area contributed by atoms with Crippen molar-refractivity contribution < 1.29 is 9.53 Å². The second-order valence-electron chi connectivity index (χ2n) is 5.32. The van der Waals surface area contributed by atoms with Crippen LogP contribution in [-0.4, -0.2) is 27.2 Å². The number of aromatic nitrogens is 3. The molecule has 0 spiro atoms. The molecule has 25 heavy (non-hydrogen) atoms. The van der Waals surface area contributed by atoms with Crippen molar-refractivity contribution >= 4 is 22.6 Å². The molecule has 126 valence electrons. The quantitative estimate of drug-likeness (QED) is 0.723. The van der Waals surface area contributed by atoms with Gasteiger partial charge in [0, 0.05) is 18.4 Å². The SMILES string of the molecule is CCn1cnc2cc(-n3cc(C#N)c(N)c3C(=O)OC)ccc2c1=O. The molecular weight excluding hydrogens is 322 g/mol. The third-order valence-corrected chi connectivity index (χ3v) is 3.97. The molecule has 0 unspecified atom stereocenters. The van der Waals surface area contributed by atoms with E-state index in [1.807, 2.05) is 13.0 Å². The summed E-state index contributed by atoms with van der Waals surface area (Å²) in [5, 5.41) is 9.64. The fourth-order valence-corrected chi connectivity index (χ4v) is 2.64. The van der Waals surface area contributed by atoms with E-state index < -0.39 is 5.97 Å². The van der Waals surface area contributed by atoms with Crippen molar-refractivity contribution in [2.45, 2.75) is 13.5 Å². The highest BCUT2D eigenvalue weighted by Crippen LogP contribution is 2.25. The van der Waals surface area contributed by atoms with Gasteiger partial charge >= 0.3 is 5.97 Å². The highest BCUT2D eigenvalue weighted by Gasteiger charge is 2.22. The van der Waals surface area contributed by atoms with Crippen molar-refractivity contribution in [3.8, 4) is 11.8 Å². The van der Waals surface area contributed by atoms with Crippen LogP contribution in [0.15, 0.2) is 35.5 Å². The third-order valence-electron chi connectivity index (χ3n) is 3.97. The van der Waals surface area contributed by atoms with Gasteiger partial charge in [-0.3, -0.25) is 9.36 Å². The van der Waals surface area contributed by atoms with E-state index in [9.17, 15) is 14.9 Å². The minimum Gasteiger partial charge on any atom is -0.464 e. The number of aryl methyl sites for hydroxylation is 1. The molecule has 2 aromatic heterocycles. The molecule has 8 heteroatoms. The first-order valence-corrected chi connectivity index (χ1v) is 7.50. The lowest BCUT2D eigenvalue weighted by molar-refractivity contribution is 0.0593. The van der Waals surface area contributed by atoms with E-state index in [0.717, 1.165) is 0 Å². The van der Waals surface area contributed by atoms with Crippen LogP contribution in [-0.2, 0) is 11.3 Å². The summed E-state index contributed by atoms with van der Waals surface area (Å²) < 4.78 is 7.72. The molecule has 0 aliphatic rings. The van der Waals surface area contributed by atoms with Gasteiger partial charge in [-0.05, 0) is 25.1 Å². The lowest BCUT2D eigenvalue weighted by Crippen LogP contribution is -2.19. The Morgan fingerprint density at radius 2 is 2.20 bits per heavy atom. The summed E-state index contributed by atoms with van der Waals surface area (Å²) >= 11 is 0. The number of carbonyl (C=O) groups is 1. The van der Waals surface area contributed by atoms with E-state index in [1.165, 1.54) is 28.8 Å². The van der Waals surface area contributed by atoms with Crippen LogP contribution in [0.3, 0.4) is 0 Å². The Morgan fingerprint density at radius 1 is 1.44 bits per heavy atom. The van der Waals surface area contributed by atoms with Crippen molar-refractivity contribution in [3.63, 3.8) is 0 Å². The van der Waals surface area contributed by atoms with Crippen molar-refractivity contribution in [1.29, 1.82) is 5.26 Å². The molecule has 3 rings (SSSR count). The number of rotatable bonds is 3. The summed E-state index contributed by atoms with van der Waals surface area (Å²) in [5.41, 5.74) is 7.04. The molecule has 2 N–H and O–H groups in total. The number of nitrogens with two attached hydrogens (primary N) is 1.